The van der Waals surface area contributed by atoms with Gasteiger partial charge in [-0.05, 0) is 35.9 Å². The van der Waals surface area contributed by atoms with Crippen LogP contribution in [0.2, 0.25) is 5.02 Å². The normalized spacial score (nSPS) is 13.6. The van der Waals surface area contributed by atoms with E-state index in [0.717, 1.165) is 5.56 Å². The van der Waals surface area contributed by atoms with Crippen molar-refractivity contribution in [2.75, 3.05) is 7.05 Å². The first-order chi connectivity index (χ1) is 13.8. The number of phenolic OH excluding ortho intramolecular Hbond substituents is 1. The van der Waals surface area contributed by atoms with E-state index in [0.29, 0.717) is 28.3 Å². The molecule has 0 saturated heterocycles. The Labute approximate surface area is 169 Å². The number of benzene rings is 2. The van der Waals surface area contributed by atoms with Crippen molar-refractivity contribution >= 4 is 17.5 Å². The number of amides is 1. The Kier molecular flexibility index (Phi) is 4.93. The van der Waals surface area contributed by atoms with Crippen molar-refractivity contribution in [1.82, 2.24) is 20.2 Å². The average Bonchev–Trinajstić information content (AvgIpc) is 3.30. The predicted molar refractivity (Wildman–Crippen MR) is 99.1 cm³/mol. The Hall–Kier alpha value is -3.04. The molecule has 150 valence electrons. The Morgan fingerprint density at radius 1 is 1.28 bits per heavy atom. The zero-order valence-electron chi connectivity index (χ0n) is 15.1. The second-order valence-electron chi connectivity index (χ2n) is 6.57. The van der Waals surface area contributed by atoms with Crippen molar-refractivity contribution < 1.29 is 23.1 Å². The Morgan fingerprint density at radius 3 is 2.79 bits per heavy atom. The molecule has 4 rings (SSSR count). The SMILES string of the molecule is CN(Cc1cc(Cl)ccc1O)N1Cc2ccc(-c3nnc(C(F)F)o3)cc2C1=O. The molecule has 7 nitrogen and oxygen atoms in total. The number of hydrazine groups is 1. The number of phenols is 1. The van der Waals surface area contributed by atoms with Gasteiger partial charge in [0.05, 0.1) is 6.54 Å². The fourth-order valence-corrected chi connectivity index (χ4v) is 3.34. The van der Waals surface area contributed by atoms with Crippen molar-refractivity contribution in [1.29, 1.82) is 0 Å². The maximum atomic E-state index is 12.9. The molecule has 0 unspecified atom stereocenters. The third-order valence-electron chi connectivity index (χ3n) is 4.62. The molecule has 29 heavy (non-hydrogen) atoms. The van der Waals surface area contributed by atoms with Crippen LogP contribution in [0.1, 0.15) is 33.8 Å². The highest BCUT2D eigenvalue weighted by Gasteiger charge is 2.31. The smallest absolute Gasteiger partial charge is 0.314 e. The zero-order valence-corrected chi connectivity index (χ0v) is 15.9. The minimum Gasteiger partial charge on any atom is -0.508 e. The number of nitrogens with zero attached hydrogens (tertiary/aromatic N) is 4. The topological polar surface area (TPSA) is 82.7 Å². The summed E-state index contributed by atoms with van der Waals surface area (Å²) in [6.45, 7) is 0.596. The van der Waals surface area contributed by atoms with Gasteiger partial charge in [-0.15, -0.1) is 10.2 Å². The maximum Gasteiger partial charge on any atom is 0.314 e. The molecule has 0 saturated carbocycles. The van der Waals surface area contributed by atoms with Crippen molar-refractivity contribution in [2.24, 2.45) is 0 Å². The molecular weight excluding hydrogens is 406 g/mol. The van der Waals surface area contributed by atoms with Crippen LogP contribution in [0.25, 0.3) is 11.5 Å². The molecule has 1 N–H and O–H groups in total. The van der Waals surface area contributed by atoms with E-state index in [2.05, 4.69) is 10.2 Å². The van der Waals surface area contributed by atoms with Gasteiger partial charge >= 0.3 is 6.43 Å². The van der Waals surface area contributed by atoms with Crippen LogP contribution in [0.5, 0.6) is 5.75 Å². The van der Waals surface area contributed by atoms with Crippen LogP contribution in [0.3, 0.4) is 0 Å². The summed E-state index contributed by atoms with van der Waals surface area (Å²) < 4.78 is 30.3. The summed E-state index contributed by atoms with van der Waals surface area (Å²) >= 11 is 5.98. The number of rotatable bonds is 5. The number of aromatic nitrogens is 2. The Balaban J connectivity index is 1.55. The van der Waals surface area contributed by atoms with E-state index < -0.39 is 12.3 Å². The molecule has 2 aromatic carbocycles. The molecule has 0 bridgehead atoms. The number of carbonyl (C=O) groups excluding carboxylic acids is 1. The standard InChI is InChI=1S/C19H15ClF2N4O3/c1-25(8-12-6-13(20)4-5-15(12)27)26-9-11-3-2-10(7-14(11)19(26)28)17-23-24-18(29-17)16(21)22/h2-7,16,27H,8-9H2,1H3. The molecule has 1 amide bonds. The molecule has 0 radical (unpaired) electrons. The van der Waals surface area contributed by atoms with Gasteiger partial charge in [0.25, 0.3) is 11.8 Å². The van der Waals surface area contributed by atoms with Crippen LogP contribution >= 0.6 is 11.6 Å². The fourth-order valence-electron chi connectivity index (χ4n) is 3.15. The number of halogens is 3. The van der Waals surface area contributed by atoms with Gasteiger partial charge in [0, 0.05) is 35.3 Å². The number of alkyl halides is 2. The third kappa shape index (κ3) is 3.66. The van der Waals surface area contributed by atoms with Crippen molar-refractivity contribution in [3.8, 4) is 17.2 Å². The molecule has 0 atom stereocenters. The van der Waals surface area contributed by atoms with Gasteiger partial charge in [0.15, 0.2) is 0 Å². The lowest BCUT2D eigenvalue weighted by molar-refractivity contribution is 0.00237. The highest BCUT2D eigenvalue weighted by Crippen LogP contribution is 2.31. The highest BCUT2D eigenvalue weighted by molar-refractivity contribution is 6.30. The second kappa shape index (κ2) is 7.41. The predicted octanol–water partition coefficient (Wildman–Crippen LogP) is 4.04. The second-order valence-corrected chi connectivity index (χ2v) is 7.01. The summed E-state index contributed by atoms with van der Waals surface area (Å²) in [5.41, 5.74) is 2.15. The van der Waals surface area contributed by atoms with Crippen LogP contribution < -0.4 is 0 Å². The van der Waals surface area contributed by atoms with E-state index in [1.165, 1.54) is 11.1 Å². The molecule has 0 spiro atoms. The lowest BCUT2D eigenvalue weighted by Gasteiger charge is -2.28. The highest BCUT2D eigenvalue weighted by atomic mass is 35.5. The van der Waals surface area contributed by atoms with Crippen LogP contribution in [0.15, 0.2) is 40.8 Å². The molecule has 1 aliphatic heterocycles. The van der Waals surface area contributed by atoms with Gasteiger partial charge in [-0.1, -0.05) is 17.7 Å². The molecule has 3 aromatic rings. The Bertz CT molecular complexity index is 1090. The summed E-state index contributed by atoms with van der Waals surface area (Å²) in [6, 6.07) is 9.62. The fraction of sp³-hybridized carbons (Fsp3) is 0.211. The third-order valence-corrected chi connectivity index (χ3v) is 4.86. The summed E-state index contributed by atoms with van der Waals surface area (Å²) in [5, 5.41) is 20.6. The van der Waals surface area contributed by atoms with Crippen LogP contribution in [0, 0.1) is 0 Å². The van der Waals surface area contributed by atoms with E-state index in [1.54, 1.807) is 42.4 Å². The van der Waals surface area contributed by atoms with Gasteiger partial charge in [0.2, 0.25) is 5.89 Å². The minimum atomic E-state index is -2.86. The van der Waals surface area contributed by atoms with E-state index in [1.807, 2.05) is 0 Å². The summed E-state index contributed by atoms with van der Waals surface area (Å²) in [4.78, 5) is 12.9. The molecule has 2 heterocycles. The first kappa shape index (κ1) is 19.3. The van der Waals surface area contributed by atoms with Crippen LogP contribution in [0.4, 0.5) is 8.78 Å². The van der Waals surface area contributed by atoms with E-state index in [9.17, 15) is 18.7 Å². The first-order valence-electron chi connectivity index (χ1n) is 8.58. The molecule has 0 fully saturated rings. The van der Waals surface area contributed by atoms with E-state index in [4.69, 9.17) is 16.0 Å². The van der Waals surface area contributed by atoms with Crippen molar-refractivity contribution in [3.63, 3.8) is 0 Å². The molecule has 1 aromatic heterocycles. The molecule has 0 aliphatic carbocycles. The van der Waals surface area contributed by atoms with Crippen LogP contribution in [-0.2, 0) is 13.1 Å². The lowest BCUT2D eigenvalue weighted by Crippen LogP contribution is -2.39. The molecule has 1 aliphatic rings. The lowest BCUT2D eigenvalue weighted by atomic mass is 10.1. The quantitative estimate of drug-likeness (QED) is 0.671. The van der Waals surface area contributed by atoms with Gasteiger partial charge in [-0.3, -0.25) is 9.80 Å². The minimum absolute atomic E-state index is 0.0773. The number of carbonyl (C=O) groups is 1. The van der Waals surface area contributed by atoms with Crippen molar-refractivity contribution in [3.05, 3.63) is 64.0 Å². The number of aromatic hydroxyl groups is 1. The van der Waals surface area contributed by atoms with Gasteiger partial charge in [-0.25, -0.2) is 5.01 Å². The van der Waals surface area contributed by atoms with Crippen molar-refractivity contribution in [2.45, 2.75) is 19.5 Å². The molecular formula is C19H15ClF2N4O3. The van der Waals surface area contributed by atoms with E-state index in [-0.39, 0.29) is 24.1 Å². The summed E-state index contributed by atoms with van der Waals surface area (Å²) in [7, 11) is 1.72. The van der Waals surface area contributed by atoms with Gasteiger partial charge < -0.3 is 9.52 Å². The first-order valence-corrected chi connectivity index (χ1v) is 8.96. The monoisotopic (exact) mass is 420 g/mol. The summed E-state index contributed by atoms with van der Waals surface area (Å²) in [5.74, 6) is -1.03. The Morgan fingerprint density at radius 2 is 2.07 bits per heavy atom. The average molecular weight is 421 g/mol. The largest absolute Gasteiger partial charge is 0.508 e. The number of fused-ring (bicyclic) bond motifs is 1. The number of hydrogen-bond donors (Lipinski definition) is 1. The van der Waals surface area contributed by atoms with Gasteiger partial charge in [-0.2, -0.15) is 8.78 Å². The van der Waals surface area contributed by atoms with Crippen LogP contribution in [-0.4, -0.2) is 38.3 Å². The number of hydrogen-bond acceptors (Lipinski definition) is 6. The summed E-state index contributed by atoms with van der Waals surface area (Å²) in [6.07, 6.45) is -2.86. The zero-order chi connectivity index (χ0) is 20.7. The molecule has 10 heteroatoms. The maximum absolute atomic E-state index is 12.9. The van der Waals surface area contributed by atoms with Gasteiger partial charge in [0.1, 0.15) is 5.75 Å². The van der Waals surface area contributed by atoms with E-state index >= 15 is 0 Å².